The maximum absolute atomic E-state index is 12.4. The second-order valence-corrected chi connectivity index (χ2v) is 11.3. The van der Waals surface area contributed by atoms with Gasteiger partial charge >= 0.3 is 23.9 Å². The fourth-order valence-electron chi connectivity index (χ4n) is 5.41. The molecular weight excluding hydrogens is 583 g/mol. The summed E-state index contributed by atoms with van der Waals surface area (Å²) in [5, 5.41) is 47.8. The first-order valence-corrected chi connectivity index (χ1v) is 14.6. The van der Waals surface area contributed by atoms with Crippen LogP contribution in [-0.2, 0) is 19.1 Å². The van der Waals surface area contributed by atoms with Crippen molar-refractivity contribution in [2.24, 2.45) is 23.7 Å². The second kappa shape index (κ2) is 19.1. The molecule has 44 heavy (non-hydrogen) atoms. The summed E-state index contributed by atoms with van der Waals surface area (Å²) in [7, 11) is 0. The number of allylic oxidation sites excluding steroid dienone is 2. The van der Waals surface area contributed by atoms with Gasteiger partial charge in [0.15, 0.2) is 0 Å². The van der Waals surface area contributed by atoms with Crippen LogP contribution in [0.1, 0.15) is 76.6 Å². The molecule has 0 unspecified atom stereocenters. The maximum Gasteiger partial charge on any atom is 0.339 e. The first-order chi connectivity index (χ1) is 20.2. The number of carboxylic acid groups (broad SMARTS) is 2. The van der Waals surface area contributed by atoms with Gasteiger partial charge in [-0.2, -0.15) is 0 Å². The van der Waals surface area contributed by atoms with Crippen LogP contribution in [0.4, 0.5) is 0 Å². The largest absolute Gasteiger partial charge is 0.481 e. The molecule has 5 N–H and O–H groups in total. The Hall–Kier alpha value is -2.54. The SMILES string of the molecule is CC(=O)Oc1ccccc1C(=O)O.CC[C@H](C)C(=O)O[C@H]1C[C@H](O)C=C2C=C[C@H](C)[C@H](CC[C@@H](O)C[C@@H](O)CC(=O)O)[C@H]21.[Na]. The number of fused-ring (bicyclic) bond motifs is 1. The summed E-state index contributed by atoms with van der Waals surface area (Å²) >= 11 is 0. The van der Waals surface area contributed by atoms with Crippen LogP contribution >= 0.6 is 0 Å². The van der Waals surface area contributed by atoms with Crippen molar-refractivity contribution >= 4 is 53.4 Å². The molecule has 0 saturated carbocycles. The van der Waals surface area contributed by atoms with Crippen molar-refractivity contribution < 1.29 is 54.2 Å². The van der Waals surface area contributed by atoms with Crippen LogP contribution < -0.4 is 4.74 Å². The van der Waals surface area contributed by atoms with E-state index >= 15 is 0 Å². The van der Waals surface area contributed by atoms with Crippen molar-refractivity contribution in [1.82, 2.24) is 0 Å². The predicted molar refractivity (Wildman–Crippen MR) is 162 cm³/mol. The summed E-state index contributed by atoms with van der Waals surface area (Å²) in [4.78, 5) is 44.3. The van der Waals surface area contributed by atoms with E-state index in [1.54, 1.807) is 12.1 Å². The summed E-state index contributed by atoms with van der Waals surface area (Å²) < 4.78 is 10.5. The Morgan fingerprint density at radius 2 is 1.73 bits per heavy atom. The maximum atomic E-state index is 12.4. The molecule has 12 heteroatoms. The molecular formula is C32H44NaO11. The van der Waals surface area contributed by atoms with Crippen LogP contribution in [-0.4, -0.2) is 103 Å². The van der Waals surface area contributed by atoms with Crippen molar-refractivity contribution in [2.75, 3.05) is 0 Å². The first-order valence-electron chi connectivity index (χ1n) is 14.6. The van der Waals surface area contributed by atoms with Gasteiger partial charge in [-0.25, -0.2) is 4.79 Å². The van der Waals surface area contributed by atoms with Gasteiger partial charge < -0.3 is 35.0 Å². The first kappa shape index (κ1) is 39.5. The van der Waals surface area contributed by atoms with Gasteiger partial charge in [0.1, 0.15) is 17.4 Å². The molecule has 1 aromatic carbocycles. The molecule has 239 valence electrons. The fraction of sp³-hybridized carbons (Fsp3) is 0.562. The monoisotopic (exact) mass is 627 g/mol. The number of aromatic carboxylic acids is 1. The van der Waals surface area contributed by atoms with E-state index in [1.807, 2.05) is 26.0 Å². The minimum atomic E-state index is -1.11. The number of benzene rings is 1. The van der Waals surface area contributed by atoms with Crippen LogP contribution in [0.2, 0.25) is 0 Å². The molecule has 0 spiro atoms. The summed E-state index contributed by atoms with van der Waals surface area (Å²) in [5.74, 6) is -2.89. The van der Waals surface area contributed by atoms with Crippen LogP contribution in [0.25, 0.3) is 0 Å². The number of aliphatic carboxylic acids is 1. The summed E-state index contributed by atoms with van der Waals surface area (Å²) in [6.45, 7) is 7.07. The molecule has 2 aliphatic carbocycles. The fourth-order valence-corrected chi connectivity index (χ4v) is 5.41. The predicted octanol–water partition coefficient (Wildman–Crippen LogP) is 3.37. The van der Waals surface area contributed by atoms with Gasteiger partial charge in [-0.3, -0.25) is 14.4 Å². The van der Waals surface area contributed by atoms with Crippen molar-refractivity contribution in [3.05, 3.63) is 53.6 Å². The number of hydrogen-bond acceptors (Lipinski definition) is 9. The molecule has 2 aliphatic rings. The van der Waals surface area contributed by atoms with Gasteiger partial charge in [-0.05, 0) is 55.2 Å². The van der Waals surface area contributed by atoms with Gasteiger partial charge in [-0.15, -0.1) is 0 Å². The number of esters is 2. The minimum Gasteiger partial charge on any atom is -0.481 e. The molecule has 3 rings (SSSR count). The zero-order valence-corrected chi connectivity index (χ0v) is 28.1. The summed E-state index contributed by atoms with van der Waals surface area (Å²) in [6, 6.07) is 5.98. The normalized spacial score (nSPS) is 24.1. The van der Waals surface area contributed by atoms with E-state index < -0.39 is 42.3 Å². The number of carbonyl (C=O) groups excluding carboxylic acids is 2. The number of carboxylic acids is 2. The third-order valence-corrected chi connectivity index (χ3v) is 7.81. The molecule has 0 amide bonds. The van der Waals surface area contributed by atoms with Crippen LogP contribution in [0.15, 0.2) is 48.1 Å². The number of carbonyl (C=O) groups is 4. The Kier molecular flexibility index (Phi) is 17.1. The smallest absolute Gasteiger partial charge is 0.339 e. The average Bonchev–Trinajstić information content (AvgIpc) is 2.91. The third-order valence-electron chi connectivity index (χ3n) is 7.81. The number of aliphatic hydroxyl groups excluding tert-OH is 3. The number of aliphatic hydroxyl groups is 3. The Bertz CT molecular complexity index is 1180. The summed E-state index contributed by atoms with van der Waals surface area (Å²) in [6.07, 6.45) is 4.64. The van der Waals surface area contributed by atoms with E-state index in [1.165, 1.54) is 19.1 Å². The van der Waals surface area contributed by atoms with Gasteiger partial charge in [0.25, 0.3) is 0 Å². The number of ether oxygens (including phenoxy) is 2. The Labute approximate surface area is 280 Å². The molecule has 0 saturated heterocycles. The average molecular weight is 628 g/mol. The number of para-hydroxylation sites is 1. The van der Waals surface area contributed by atoms with E-state index in [-0.39, 0.29) is 83.4 Å². The quantitative estimate of drug-likeness (QED) is 0.130. The Morgan fingerprint density at radius 1 is 1.07 bits per heavy atom. The molecule has 11 nitrogen and oxygen atoms in total. The van der Waals surface area contributed by atoms with E-state index in [4.69, 9.17) is 14.9 Å². The van der Waals surface area contributed by atoms with Crippen molar-refractivity contribution in [1.29, 1.82) is 0 Å². The molecule has 0 aromatic heterocycles. The van der Waals surface area contributed by atoms with E-state index in [0.717, 1.165) is 5.57 Å². The van der Waals surface area contributed by atoms with Crippen LogP contribution in [0, 0.1) is 23.7 Å². The van der Waals surface area contributed by atoms with Crippen molar-refractivity contribution in [3.63, 3.8) is 0 Å². The topological polar surface area (TPSA) is 188 Å². The van der Waals surface area contributed by atoms with Gasteiger partial charge in [0, 0.05) is 48.8 Å². The Balaban J connectivity index is 0.000000579. The molecule has 0 aliphatic heterocycles. The second-order valence-electron chi connectivity index (χ2n) is 11.3. The van der Waals surface area contributed by atoms with Crippen LogP contribution in [0.3, 0.4) is 0 Å². The van der Waals surface area contributed by atoms with E-state index in [9.17, 15) is 34.5 Å². The van der Waals surface area contributed by atoms with Crippen molar-refractivity contribution in [3.8, 4) is 5.75 Å². The van der Waals surface area contributed by atoms with Gasteiger partial charge in [0.05, 0.1) is 30.7 Å². The zero-order valence-electron chi connectivity index (χ0n) is 26.1. The molecule has 1 aromatic rings. The summed E-state index contributed by atoms with van der Waals surface area (Å²) in [5.41, 5.74) is 0.942. The van der Waals surface area contributed by atoms with E-state index in [2.05, 4.69) is 17.7 Å². The number of rotatable bonds is 12. The molecule has 0 fully saturated rings. The Morgan fingerprint density at radius 3 is 2.32 bits per heavy atom. The molecule has 0 bridgehead atoms. The minimum absolute atomic E-state index is 0. The molecule has 0 heterocycles. The molecule has 8 atom stereocenters. The van der Waals surface area contributed by atoms with Crippen LogP contribution in [0.5, 0.6) is 5.75 Å². The van der Waals surface area contributed by atoms with Gasteiger partial charge in [-0.1, -0.05) is 51.1 Å². The number of hydrogen-bond donors (Lipinski definition) is 5. The van der Waals surface area contributed by atoms with Crippen molar-refractivity contribution in [2.45, 2.75) is 90.6 Å². The molecule has 1 radical (unpaired) electrons. The zero-order chi connectivity index (χ0) is 32.3. The standard InChI is InChI=1S/C23H36O7.C9H8O4.Na/c1-4-13(2)23(29)30-20-11-17(25)9-15-6-5-14(3)19(22(15)20)8-7-16(24)10-18(26)12-21(27)28;1-6(10)13-8-5-3-2-4-7(8)9(11)12;/h5-6,9,13-14,16-20,22,24-26H,4,7-8,10-12H2,1-3H3,(H,27,28);2-5H,1H3,(H,11,12);/t13-,14-,16+,17+,18+,19-,20-,22-;;/m0../s1. The van der Waals surface area contributed by atoms with Gasteiger partial charge in [0.2, 0.25) is 0 Å². The third kappa shape index (κ3) is 12.5. The van der Waals surface area contributed by atoms with E-state index in [0.29, 0.717) is 25.7 Å².